The minimum absolute atomic E-state index is 0.0113. The summed E-state index contributed by atoms with van der Waals surface area (Å²) in [5, 5.41) is 11.6. The van der Waals surface area contributed by atoms with Gasteiger partial charge in [-0.3, -0.25) is 19.2 Å². The van der Waals surface area contributed by atoms with Crippen LogP contribution in [0, 0.1) is 34.5 Å². The van der Waals surface area contributed by atoms with Gasteiger partial charge in [0.1, 0.15) is 0 Å². The Bertz CT molecular complexity index is 964. The average Bonchev–Trinajstić information content (AvgIpc) is 3.57. The summed E-state index contributed by atoms with van der Waals surface area (Å²) < 4.78 is 11.2. The fourth-order valence-corrected chi connectivity index (χ4v) is 8.22. The van der Waals surface area contributed by atoms with Gasteiger partial charge in [-0.25, -0.2) is 0 Å². The summed E-state index contributed by atoms with van der Waals surface area (Å²) in [6.07, 6.45) is 7.04. The molecule has 0 bridgehead atoms. The van der Waals surface area contributed by atoms with Crippen LogP contribution in [0.4, 0.5) is 0 Å². The third kappa shape index (κ3) is 3.41. The first-order valence-electron chi connectivity index (χ1n) is 12.8. The first-order chi connectivity index (χ1) is 16.0. The van der Waals surface area contributed by atoms with Crippen molar-refractivity contribution in [1.82, 2.24) is 0 Å². The van der Waals surface area contributed by atoms with Crippen molar-refractivity contribution in [3.63, 3.8) is 0 Å². The summed E-state index contributed by atoms with van der Waals surface area (Å²) in [5.74, 6) is -0.979. The third-order valence-electron chi connectivity index (χ3n) is 10.1. The zero-order valence-corrected chi connectivity index (χ0v) is 20.4. The molecule has 0 aromatic carbocycles. The Balaban J connectivity index is 1.51. The van der Waals surface area contributed by atoms with Gasteiger partial charge in [0, 0.05) is 18.8 Å². The van der Waals surface area contributed by atoms with Gasteiger partial charge < -0.3 is 14.6 Å². The van der Waals surface area contributed by atoms with Gasteiger partial charge in [0.05, 0.1) is 12.0 Å². The number of fused-ring (bicyclic) bond motifs is 5. The number of esters is 2. The molecule has 0 aromatic heterocycles. The Labute approximate surface area is 200 Å². The van der Waals surface area contributed by atoms with Crippen LogP contribution < -0.4 is 0 Å². The summed E-state index contributed by atoms with van der Waals surface area (Å²) in [7, 11) is 0. The Morgan fingerprint density at radius 3 is 2.50 bits per heavy atom. The largest absolute Gasteiger partial charge is 0.458 e. The quantitative estimate of drug-likeness (QED) is 0.612. The van der Waals surface area contributed by atoms with Gasteiger partial charge in [-0.05, 0) is 80.6 Å². The molecule has 4 fully saturated rings. The van der Waals surface area contributed by atoms with Crippen LogP contribution in [0.2, 0.25) is 0 Å². The zero-order chi connectivity index (χ0) is 24.5. The summed E-state index contributed by atoms with van der Waals surface area (Å²) in [6.45, 7) is 5.02. The number of hydrogen-bond donors (Lipinski definition) is 1. The zero-order valence-electron chi connectivity index (χ0n) is 20.4. The molecule has 7 atom stereocenters. The molecule has 0 heterocycles. The molecule has 7 nitrogen and oxygen atoms in total. The van der Waals surface area contributed by atoms with E-state index in [0.29, 0.717) is 19.3 Å². The Morgan fingerprint density at radius 2 is 1.82 bits per heavy atom. The van der Waals surface area contributed by atoms with Crippen LogP contribution in [-0.4, -0.2) is 46.9 Å². The van der Waals surface area contributed by atoms with Gasteiger partial charge >= 0.3 is 11.9 Å². The van der Waals surface area contributed by atoms with E-state index in [1.807, 2.05) is 6.92 Å². The number of carbonyl (C=O) groups is 4. The monoisotopic (exact) mass is 472 g/mol. The SMILES string of the molecule is CC(=O)OCC(=O)[C@@]1(OC(=O)C2CC2)CCC2C3CCC4=CC(=O)CC[C@]4(C)C3[C@@H](O)C[C@@]21C. The van der Waals surface area contributed by atoms with E-state index in [9.17, 15) is 24.3 Å². The van der Waals surface area contributed by atoms with Crippen molar-refractivity contribution in [1.29, 1.82) is 0 Å². The number of allylic oxidation sites excluding steroid dienone is 1. The first-order valence-corrected chi connectivity index (χ1v) is 12.8. The Kier molecular flexibility index (Phi) is 5.58. The summed E-state index contributed by atoms with van der Waals surface area (Å²) in [4.78, 5) is 50.1. The van der Waals surface area contributed by atoms with E-state index in [2.05, 4.69) is 6.92 Å². The molecule has 5 aliphatic carbocycles. The lowest BCUT2D eigenvalue weighted by Crippen LogP contribution is -2.63. The summed E-state index contributed by atoms with van der Waals surface area (Å²) >= 11 is 0. The maximum Gasteiger partial charge on any atom is 0.309 e. The lowest BCUT2D eigenvalue weighted by atomic mass is 9.45. The van der Waals surface area contributed by atoms with E-state index in [4.69, 9.17) is 9.47 Å². The lowest BCUT2D eigenvalue weighted by molar-refractivity contribution is -0.203. The molecule has 186 valence electrons. The maximum absolute atomic E-state index is 13.6. The number of Topliss-reactive ketones (excluding diaryl/α,β-unsaturated/α-hetero) is 1. The van der Waals surface area contributed by atoms with Crippen LogP contribution in [0.25, 0.3) is 0 Å². The third-order valence-corrected chi connectivity index (χ3v) is 10.1. The van der Waals surface area contributed by atoms with Crippen LogP contribution in [0.5, 0.6) is 0 Å². The van der Waals surface area contributed by atoms with E-state index in [-0.39, 0.29) is 46.6 Å². The van der Waals surface area contributed by atoms with Gasteiger partial charge in [-0.1, -0.05) is 19.4 Å². The molecule has 7 heteroatoms. The van der Waals surface area contributed by atoms with Crippen molar-refractivity contribution in [2.45, 2.75) is 90.3 Å². The highest BCUT2D eigenvalue weighted by Gasteiger charge is 2.70. The van der Waals surface area contributed by atoms with Crippen LogP contribution >= 0.6 is 0 Å². The molecule has 0 aliphatic heterocycles. The van der Waals surface area contributed by atoms with Gasteiger partial charge in [0.15, 0.2) is 18.0 Å². The molecule has 0 aromatic rings. The highest BCUT2D eigenvalue weighted by Crippen LogP contribution is 2.68. The maximum atomic E-state index is 13.6. The number of carbonyl (C=O) groups excluding carboxylic acids is 4. The highest BCUT2D eigenvalue weighted by molar-refractivity contribution is 5.94. The van der Waals surface area contributed by atoms with Gasteiger partial charge in [-0.15, -0.1) is 0 Å². The molecule has 3 unspecified atom stereocenters. The molecule has 0 saturated heterocycles. The number of rotatable bonds is 5. The molecule has 1 N–H and O–H groups in total. The lowest BCUT2D eigenvalue weighted by Gasteiger charge is -2.60. The number of ketones is 2. The van der Waals surface area contributed by atoms with E-state index < -0.39 is 29.7 Å². The van der Waals surface area contributed by atoms with E-state index >= 15 is 0 Å². The Hall–Kier alpha value is -2.02. The fourth-order valence-electron chi connectivity index (χ4n) is 8.22. The standard InChI is InChI=1S/C27H36O7/c1-15(28)33-14-22(31)27(34-24(32)16-4-5-16)11-9-20-19-7-6-17-12-18(29)8-10-25(17,2)23(19)21(30)13-26(20,27)3/h12,16,19-21,23,30H,4-11,13-14H2,1-3H3/t19?,20?,21-,23?,25-,26-,27-/m0/s1. The molecular weight excluding hydrogens is 436 g/mol. The second-order valence-electron chi connectivity index (χ2n) is 11.8. The molecule has 0 spiro atoms. The second kappa shape index (κ2) is 8.00. The molecule has 34 heavy (non-hydrogen) atoms. The number of ether oxygens (including phenoxy) is 2. The Morgan fingerprint density at radius 1 is 1.09 bits per heavy atom. The van der Waals surface area contributed by atoms with E-state index in [0.717, 1.165) is 44.1 Å². The smallest absolute Gasteiger partial charge is 0.309 e. The molecule has 5 rings (SSSR count). The minimum Gasteiger partial charge on any atom is -0.458 e. The first kappa shape index (κ1) is 23.7. The average molecular weight is 473 g/mol. The van der Waals surface area contributed by atoms with Crippen LogP contribution in [0.3, 0.4) is 0 Å². The molecule has 0 amide bonds. The molecule has 4 saturated carbocycles. The van der Waals surface area contributed by atoms with Crippen molar-refractivity contribution in [2.24, 2.45) is 34.5 Å². The van der Waals surface area contributed by atoms with E-state index in [1.165, 1.54) is 6.92 Å². The highest BCUT2D eigenvalue weighted by atomic mass is 16.6. The van der Waals surface area contributed by atoms with Gasteiger partial charge in [0.2, 0.25) is 5.78 Å². The number of aliphatic hydroxyl groups excluding tert-OH is 1. The van der Waals surface area contributed by atoms with Crippen molar-refractivity contribution >= 4 is 23.5 Å². The number of hydrogen-bond acceptors (Lipinski definition) is 7. The normalized spacial score (nSPS) is 43.2. The van der Waals surface area contributed by atoms with Crippen molar-refractivity contribution in [3.8, 4) is 0 Å². The van der Waals surface area contributed by atoms with Crippen molar-refractivity contribution in [2.75, 3.05) is 6.61 Å². The van der Waals surface area contributed by atoms with Crippen molar-refractivity contribution < 1.29 is 33.8 Å². The van der Waals surface area contributed by atoms with Crippen molar-refractivity contribution in [3.05, 3.63) is 11.6 Å². The predicted molar refractivity (Wildman–Crippen MR) is 121 cm³/mol. The van der Waals surface area contributed by atoms with Crippen LogP contribution in [0.1, 0.15) is 78.6 Å². The minimum atomic E-state index is -1.39. The second-order valence-corrected chi connectivity index (χ2v) is 11.8. The van der Waals surface area contributed by atoms with Crippen LogP contribution in [-0.2, 0) is 28.7 Å². The summed E-state index contributed by atoms with van der Waals surface area (Å²) in [6, 6.07) is 0. The topological polar surface area (TPSA) is 107 Å². The molecular formula is C27H36O7. The van der Waals surface area contributed by atoms with E-state index in [1.54, 1.807) is 6.08 Å². The van der Waals surface area contributed by atoms with Crippen LogP contribution in [0.15, 0.2) is 11.6 Å². The summed E-state index contributed by atoms with van der Waals surface area (Å²) in [5.41, 5.74) is -1.20. The van der Waals surface area contributed by atoms with Gasteiger partial charge in [0.25, 0.3) is 0 Å². The predicted octanol–water partition coefficient (Wildman–Crippen LogP) is 3.31. The molecule has 5 aliphatic rings. The fraction of sp³-hybridized carbons (Fsp3) is 0.778. The molecule has 0 radical (unpaired) electrons. The number of aliphatic hydroxyl groups is 1. The van der Waals surface area contributed by atoms with Gasteiger partial charge in [-0.2, -0.15) is 0 Å².